The van der Waals surface area contributed by atoms with Gasteiger partial charge in [0.15, 0.2) is 0 Å². The second-order valence-corrected chi connectivity index (χ2v) is 14.4. The maximum absolute atomic E-state index is 14.1. The Balaban J connectivity index is 1.30. The summed E-state index contributed by atoms with van der Waals surface area (Å²) in [7, 11) is -1.50. The summed E-state index contributed by atoms with van der Waals surface area (Å²) in [5, 5.41) is 6.54. The minimum atomic E-state index is -3.69. The molecule has 2 aliphatic rings. The first kappa shape index (κ1) is 32.0. The van der Waals surface area contributed by atoms with Gasteiger partial charge in [0, 0.05) is 63.3 Å². The molecule has 43 heavy (non-hydrogen) atoms. The summed E-state index contributed by atoms with van der Waals surface area (Å²) < 4.78 is 40.6. The average molecular weight is 717 g/mol. The third-order valence-electron chi connectivity index (χ3n) is 7.74. The van der Waals surface area contributed by atoms with Gasteiger partial charge in [-0.1, -0.05) is 23.2 Å². The van der Waals surface area contributed by atoms with E-state index in [-0.39, 0.29) is 22.3 Å². The quantitative estimate of drug-likeness (QED) is 0.257. The molecule has 10 nitrogen and oxygen atoms in total. The average Bonchev–Trinajstić information content (AvgIpc) is 2.95. The van der Waals surface area contributed by atoms with Gasteiger partial charge in [0.1, 0.15) is 11.6 Å². The van der Waals surface area contributed by atoms with Crippen molar-refractivity contribution in [2.24, 2.45) is 0 Å². The normalized spacial score (nSPS) is 17.2. The molecule has 2 saturated heterocycles. The molecule has 0 bridgehead atoms. The van der Waals surface area contributed by atoms with E-state index in [4.69, 9.17) is 23.2 Å². The summed E-state index contributed by atoms with van der Waals surface area (Å²) >= 11 is 16.1. The molecule has 0 atom stereocenters. The van der Waals surface area contributed by atoms with Crippen LogP contribution in [0.5, 0.6) is 0 Å². The third-order valence-corrected chi connectivity index (χ3v) is 9.52. The molecule has 2 aliphatic heterocycles. The zero-order valence-corrected chi connectivity index (χ0v) is 28.0. The molecule has 0 amide bonds. The molecular formula is C28H34BrCl2FN8O2S. The van der Waals surface area contributed by atoms with Crippen LogP contribution in [0.25, 0.3) is 0 Å². The van der Waals surface area contributed by atoms with Crippen LogP contribution >= 0.6 is 39.1 Å². The fourth-order valence-electron chi connectivity index (χ4n) is 5.46. The van der Waals surface area contributed by atoms with Crippen molar-refractivity contribution in [1.29, 1.82) is 0 Å². The molecular weight excluding hydrogens is 682 g/mol. The van der Waals surface area contributed by atoms with Crippen molar-refractivity contribution < 1.29 is 12.8 Å². The molecule has 0 radical (unpaired) electrons. The fourth-order valence-corrected chi connectivity index (χ4v) is 6.69. The third kappa shape index (κ3) is 8.00. The van der Waals surface area contributed by atoms with Crippen LogP contribution in [0, 0.1) is 12.7 Å². The Morgan fingerprint density at radius 1 is 0.953 bits per heavy atom. The van der Waals surface area contributed by atoms with E-state index in [0.717, 1.165) is 75.7 Å². The standard InChI is InChI=1S/C28H34BrCl2FN8O2S/c1-17-12-23(21(31)14-26(17)40-6-4-18(5-7-40)39-10-8-38(2)9-11-39)35-28-33-16-19(29)27(36-28)34-24-13-20(30)22(32)15-25(24)37-43(3,41)42/h12-16,18,37H,4-11H2,1-3H3,(H2,33,34,35,36). The highest BCUT2D eigenvalue weighted by atomic mass is 79.9. The molecule has 15 heteroatoms. The Bertz CT molecular complexity index is 1600. The number of piperidine rings is 1. The minimum absolute atomic E-state index is 0.0220. The second kappa shape index (κ2) is 13.3. The van der Waals surface area contributed by atoms with Crippen molar-refractivity contribution in [3.05, 3.63) is 56.4 Å². The van der Waals surface area contributed by atoms with Gasteiger partial charge in [-0.3, -0.25) is 9.62 Å². The van der Waals surface area contributed by atoms with E-state index in [1.165, 1.54) is 12.3 Å². The van der Waals surface area contributed by atoms with Crippen LogP contribution in [0.2, 0.25) is 10.0 Å². The number of piperazine rings is 1. The molecule has 0 aliphatic carbocycles. The number of nitrogens with one attached hydrogen (secondary N) is 3. The molecule has 5 rings (SSSR count). The van der Waals surface area contributed by atoms with E-state index in [0.29, 0.717) is 27.0 Å². The van der Waals surface area contributed by atoms with Crippen molar-refractivity contribution in [3.8, 4) is 0 Å². The fraction of sp³-hybridized carbons (Fsp3) is 0.429. The van der Waals surface area contributed by atoms with Gasteiger partial charge in [-0.05, 0) is 66.5 Å². The molecule has 0 spiro atoms. The number of hydrogen-bond donors (Lipinski definition) is 3. The number of benzene rings is 2. The molecule has 232 valence electrons. The Morgan fingerprint density at radius 2 is 1.65 bits per heavy atom. The van der Waals surface area contributed by atoms with Crippen molar-refractivity contribution in [2.75, 3.05) is 72.8 Å². The van der Waals surface area contributed by atoms with Crippen LogP contribution in [-0.4, -0.2) is 86.8 Å². The predicted octanol–water partition coefficient (Wildman–Crippen LogP) is 6.07. The van der Waals surface area contributed by atoms with E-state index in [9.17, 15) is 12.8 Å². The monoisotopic (exact) mass is 714 g/mol. The number of aromatic nitrogens is 2. The lowest BCUT2D eigenvalue weighted by atomic mass is 10.0. The Labute approximate surface area is 270 Å². The molecule has 2 fully saturated rings. The molecule has 1 aromatic heterocycles. The van der Waals surface area contributed by atoms with E-state index < -0.39 is 15.8 Å². The van der Waals surface area contributed by atoms with Gasteiger partial charge in [0.25, 0.3) is 0 Å². The van der Waals surface area contributed by atoms with Crippen LogP contribution in [-0.2, 0) is 10.0 Å². The van der Waals surface area contributed by atoms with Gasteiger partial charge in [-0.2, -0.15) is 4.98 Å². The number of sulfonamides is 1. The second-order valence-electron chi connectivity index (χ2n) is 11.0. The lowest BCUT2D eigenvalue weighted by Crippen LogP contribution is -2.52. The van der Waals surface area contributed by atoms with E-state index in [1.807, 2.05) is 12.1 Å². The predicted molar refractivity (Wildman–Crippen MR) is 177 cm³/mol. The summed E-state index contributed by atoms with van der Waals surface area (Å²) in [5.41, 5.74) is 3.03. The van der Waals surface area contributed by atoms with E-state index in [1.54, 1.807) is 0 Å². The number of aryl methyl sites for hydroxylation is 1. The minimum Gasteiger partial charge on any atom is -0.371 e. The summed E-state index contributed by atoms with van der Waals surface area (Å²) in [6, 6.07) is 6.87. The molecule has 0 unspecified atom stereocenters. The first-order valence-electron chi connectivity index (χ1n) is 13.9. The van der Waals surface area contributed by atoms with Crippen LogP contribution in [0.4, 0.5) is 38.9 Å². The number of hydrogen-bond acceptors (Lipinski definition) is 9. The summed E-state index contributed by atoms with van der Waals surface area (Å²) in [6.07, 6.45) is 4.76. The zero-order valence-electron chi connectivity index (χ0n) is 24.1. The van der Waals surface area contributed by atoms with E-state index >= 15 is 0 Å². The van der Waals surface area contributed by atoms with Crippen LogP contribution in [0.3, 0.4) is 0 Å². The Hall–Kier alpha value is -2.42. The molecule has 3 N–H and O–H groups in total. The highest BCUT2D eigenvalue weighted by Gasteiger charge is 2.27. The lowest BCUT2D eigenvalue weighted by Gasteiger charge is -2.43. The van der Waals surface area contributed by atoms with Crippen molar-refractivity contribution >= 4 is 83.7 Å². The first-order valence-corrected chi connectivity index (χ1v) is 17.3. The first-order chi connectivity index (χ1) is 20.4. The Kier molecular flexibility index (Phi) is 9.89. The van der Waals surface area contributed by atoms with Crippen LogP contribution < -0.4 is 20.3 Å². The summed E-state index contributed by atoms with van der Waals surface area (Å²) in [6.45, 7) is 8.56. The molecule has 3 heterocycles. The van der Waals surface area contributed by atoms with Gasteiger partial charge >= 0.3 is 0 Å². The van der Waals surface area contributed by atoms with Crippen molar-refractivity contribution in [2.45, 2.75) is 25.8 Å². The summed E-state index contributed by atoms with van der Waals surface area (Å²) in [4.78, 5) is 16.3. The topological polar surface area (TPSA) is 106 Å². The highest BCUT2D eigenvalue weighted by Crippen LogP contribution is 2.36. The van der Waals surface area contributed by atoms with Gasteiger partial charge in [-0.15, -0.1) is 0 Å². The van der Waals surface area contributed by atoms with Gasteiger partial charge in [-0.25, -0.2) is 17.8 Å². The largest absolute Gasteiger partial charge is 0.371 e. The van der Waals surface area contributed by atoms with Crippen molar-refractivity contribution in [3.63, 3.8) is 0 Å². The Morgan fingerprint density at radius 3 is 2.33 bits per heavy atom. The SMILES string of the molecule is Cc1cc(Nc2ncc(Br)c(Nc3cc(Cl)c(F)cc3NS(C)(=O)=O)n2)c(Cl)cc1N1CCC(N2CCN(C)CC2)CC1. The zero-order chi connectivity index (χ0) is 30.9. The maximum atomic E-state index is 14.1. The number of likely N-dealkylation sites (N-methyl/N-ethyl adjacent to an activating group) is 1. The number of nitrogens with zero attached hydrogens (tertiary/aromatic N) is 5. The van der Waals surface area contributed by atoms with Gasteiger partial charge in [0.2, 0.25) is 16.0 Å². The van der Waals surface area contributed by atoms with Crippen LogP contribution in [0.1, 0.15) is 18.4 Å². The molecule has 3 aromatic rings. The van der Waals surface area contributed by atoms with Gasteiger partial charge in [0.05, 0.1) is 37.8 Å². The summed E-state index contributed by atoms with van der Waals surface area (Å²) in [5.74, 6) is -0.224. The lowest BCUT2D eigenvalue weighted by molar-refractivity contribution is 0.0982. The molecule has 2 aromatic carbocycles. The van der Waals surface area contributed by atoms with E-state index in [2.05, 4.69) is 69.9 Å². The van der Waals surface area contributed by atoms with Gasteiger partial charge < -0.3 is 20.4 Å². The number of rotatable bonds is 8. The highest BCUT2D eigenvalue weighted by molar-refractivity contribution is 9.10. The molecule has 0 saturated carbocycles. The smallest absolute Gasteiger partial charge is 0.229 e. The maximum Gasteiger partial charge on any atom is 0.229 e. The number of halogens is 4. The number of anilines is 6. The van der Waals surface area contributed by atoms with Crippen molar-refractivity contribution in [1.82, 2.24) is 19.8 Å². The van der Waals surface area contributed by atoms with Crippen LogP contribution in [0.15, 0.2) is 34.9 Å².